The Morgan fingerprint density at radius 1 is 1.29 bits per heavy atom. The lowest BCUT2D eigenvalue weighted by molar-refractivity contribution is 0.00883. The molecule has 1 atom stereocenters. The number of piperazine rings is 1. The lowest BCUT2D eigenvalue weighted by atomic mass is 9.99. The number of benzene rings is 1. The highest BCUT2D eigenvalue weighted by molar-refractivity contribution is 7.90. The van der Waals surface area contributed by atoms with Crippen molar-refractivity contribution < 1.29 is 17.9 Å². The SMILES string of the molecule is CC(C)[C@@H]1CN(c2ccc(C#N)c(S(C)(=O)=O)c2)CCN1C(=O)OC(C)(C)C. The zero-order valence-corrected chi connectivity index (χ0v) is 18.2. The number of carbonyl (C=O) groups is 1. The number of hydrogen-bond acceptors (Lipinski definition) is 6. The van der Waals surface area contributed by atoms with Crippen LogP contribution < -0.4 is 4.90 Å². The summed E-state index contributed by atoms with van der Waals surface area (Å²) in [7, 11) is -3.51. The summed E-state index contributed by atoms with van der Waals surface area (Å²) < 4.78 is 29.7. The van der Waals surface area contributed by atoms with Gasteiger partial charge in [0.15, 0.2) is 9.84 Å². The molecule has 1 heterocycles. The Kier molecular flexibility index (Phi) is 6.29. The highest BCUT2D eigenvalue weighted by atomic mass is 32.2. The molecule has 0 spiro atoms. The van der Waals surface area contributed by atoms with Crippen molar-refractivity contribution in [2.75, 3.05) is 30.8 Å². The van der Waals surface area contributed by atoms with E-state index in [1.165, 1.54) is 6.07 Å². The largest absolute Gasteiger partial charge is 0.444 e. The topological polar surface area (TPSA) is 90.7 Å². The average Bonchev–Trinajstić information content (AvgIpc) is 2.58. The van der Waals surface area contributed by atoms with Crippen molar-refractivity contribution in [3.63, 3.8) is 0 Å². The lowest BCUT2D eigenvalue weighted by Gasteiger charge is -2.44. The van der Waals surface area contributed by atoms with Crippen LogP contribution in [-0.2, 0) is 14.6 Å². The first-order valence-corrected chi connectivity index (χ1v) is 11.2. The second-order valence-corrected chi connectivity index (χ2v) is 10.5. The van der Waals surface area contributed by atoms with Gasteiger partial charge in [0, 0.05) is 31.6 Å². The summed E-state index contributed by atoms with van der Waals surface area (Å²) in [6.45, 7) is 11.2. The molecule has 2 rings (SSSR count). The third-order valence-electron chi connectivity index (χ3n) is 4.67. The molecule has 0 radical (unpaired) electrons. The summed E-state index contributed by atoms with van der Waals surface area (Å²) in [5, 5.41) is 9.20. The van der Waals surface area contributed by atoms with E-state index in [0.29, 0.717) is 19.6 Å². The van der Waals surface area contributed by atoms with Gasteiger partial charge in [-0.25, -0.2) is 13.2 Å². The molecule has 1 aliphatic heterocycles. The molecule has 1 amide bonds. The first-order chi connectivity index (χ1) is 12.8. The van der Waals surface area contributed by atoms with Crippen LogP contribution in [0.25, 0.3) is 0 Å². The van der Waals surface area contributed by atoms with Crippen LogP contribution >= 0.6 is 0 Å². The number of nitrogens with zero attached hydrogens (tertiary/aromatic N) is 3. The van der Waals surface area contributed by atoms with Gasteiger partial charge >= 0.3 is 6.09 Å². The first-order valence-electron chi connectivity index (χ1n) is 9.32. The van der Waals surface area contributed by atoms with E-state index in [9.17, 15) is 18.5 Å². The fraction of sp³-hybridized carbons (Fsp3) is 0.600. The van der Waals surface area contributed by atoms with Crippen LogP contribution in [0.1, 0.15) is 40.2 Å². The highest BCUT2D eigenvalue weighted by Gasteiger charge is 2.35. The van der Waals surface area contributed by atoms with E-state index in [1.54, 1.807) is 17.0 Å². The fourth-order valence-electron chi connectivity index (χ4n) is 3.27. The van der Waals surface area contributed by atoms with Crippen LogP contribution in [0.2, 0.25) is 0 Å². The van der Waals surface area contributed by atoms with Crippen LogP contribution in [0.15, 0.2) is 23.1 Å². The molecule has 28 heavy (non-hydrogen) atoms. The molecule has 8 heteroatoms. The maximum absolute atomic E-state index is 12.6. The summed E-state index contributed by atoms with van der Waals surface area (Å²) in [5.74, 6) is 0.197. The van der Waals surface area contributed by atoms with Gasteiger partial charge in [0.05, 0.1) is 16.5 Å². The molecule has 1 fully saturated rings. The quantitative estimate of drug-likeness (QED) is 0.765. The zero-order chi connectivity index (χ0) is 21.3. The van der Waals surface area contributed by atoms with Gasteiger partial charge in [0.2, 0.25) is 0 Å². The van der Waals surface area contributed by atoms with Crippen molar-refractivity contribution in [3.05, 3.63) is 23.8 Å². The predicted octanol–water partition coefficient (Wildman–Crippen LogP) is 3.04. The molecule has 0 bridgehead atoms. The Hall–Kier alpha value is -2.27. The number of rotatable bonds is 3. The van der Waals surface area contributed by atoms with Crippen LogP contribution in [0.3, 0.4) is 0 Å². The van der Waals surface area contributed by atoms with E-state index in [1.807, 2.05) is 40.7 Å². The van der Waals surface area contributed by atoms with E-state index in [2.05, 4.69) is 4.90 Å². The van der Waals surface area contributed by atoms with Gasteiger partial charge in [-0.1, -0.05) is 13.8 Å². The van der Waals surface area contributed by atoms with Gasteiger partial charge < -0.3 is 14.5 Å². The van der Waals surface area contributed by atoms with E-state index >= 15 is 0 Å². The van der Waals surface area contributed by atoms with E-state index in [-0.39, 0.29) is 28.5 Å². The number of ether oxygens (including phenoxy) is 1. The monoisotopic (exact) mass is 407 g/mol. The molecule has 1 aliphatic rings. The molecule has 0 aromatic heterocycles. The molecule has 7 nitrogen and oxygen atoms in total. The second-order valence-electron chi connectivity index (χ2n) is 8.50. The number of nitriles is 1. The van der Waals surface area contributed by atoms with Crippen molar-refractivity contribution in [1.29, 1.82) is 5.26 Å². The Bertz CT molecular complexity index is 882. The van der Waals surface area contributed by atoms with Crippen molar-refractivity contribution in [2.45, 2.75) is 51.2 Å². The molecule has 1 saturated heterocycles. The van der Waals surface area contributed by atoms with Crippen LogP contribution in [0.4, 0.5) is 10.5 Å². The van der Waals surface area contributed by atoms with E-state index in [0.717, 1.165) is 11.9 Å². The number of anilines is 1. The minimum absolute atomic E-state index is 0.0307. The number of sulfone groups is 1. The summed E-state index contributed by atoms with van der Waals surface area (Å²) in [6, 6.07) is 6.71. The maximum Gasteiger partial charge on any atom is 0.410 e. The van der Waals surface area contributed by atoms with Crippen molar-refractivity contribution in [2.24, 2.45) is 5.92 Å². The molecule has 0 aliphatic carbocycles. The molecule has 154 valence electrons. The number of carbonyl (C=O) groups excluding carboxylic acids is 1. The minimum atomic E-state index is -3.51. The molecular formula is C20H29N3O4S. The molecule has 1 aromatic carbocycles. The van der Waals surface area contributed by atoms with Crippen molar-refractivity contribution in [3.8, 4) is 6.07 Å². The van der Waals surface area contributed by atoms with Crippen molar-refractivity contribution >= 4 is 21.6 Å². The van der Waals surface area contributed by atoms with Crippen LogP contribution in [0.5, 0.6) is 0 Å². The van der Waals surface area contributed by atoms with Gasteiger partial charge in [-0.3, -0.25) is 0 Å². The molecule has 0 N–H and O–H groups in total. The standard InChI is InChI=1S/C20H29N3O4S/c1-14(2)17-13-22(9-10-23(17)19(24)27-20(3,4)5)16-8-7-15(12-21)18(11-16)28(6,25)26/h7-8,11,14,17H,9-10,13H2,1-6H3/t17-/m0/s1. The minimum Gasteiger partial charge on any atom is -0.444 e. The van der Waals surface area contributed by atoms with Gasteiger partial charge in [-0.05, 0) is 44.9 Å². The second kappa shape index (κ2) is 8.00. The van der Waals surface area contributed by atoms with Gasteiger partial charge in [-0.15, -0.1) is 0 Å². The fourth-order valence-corrected chi connectivity index (χ4v) is 4.12. The van der Waals surface area contributed by atoms with Crippen molar-refractivity contribution in [1.82, 2.24) is 4.90 Å². The van der Waals surface area contributed by atoms with E-state index in [4.69, 9.17) is 4.74 Å². The maximum atomic E-state index is 12.6. The highest BCUT2D eigenvalue weighted by Crippen LogP contribution is 2.28. The number of amides is 1. The summed E-state index contributed by atoms with van der Waals surface area (Å²) in [6.07, 6.45) is 0.770. The normalized spacial score (nSPS) is 18.1. The Labute approximate surface area is 167 Å². The smallest absolute Gasteiger partial charge is 0.410 e. The molecule has 1 aromatic rings. The Balaban J connectivity index is 2.30. The third-order valence-corrected chi connectivity index (χ3v) is 5.80. The van der Waals surface area contributed by atoms with Crippen LogP contribution in [-0.4, -0.2) is 56.9 Å². The lowest BCUT2D eigenvalue weighted by Crippen LogP contribution is -2.58. The summed E-state index contributed by atoms with van der Waals surface area (Å²) in [4.78, 5) is 16.5. The average molecular weight is 408 g/mol. The van der Waals surface area contributed by atoms with Crippen LogP contribution in [0, 0.1) is 17.2 Å². The number of hydrogen-bond donors (Lipinski definition) is 0. The van der Waals surface area contributed by atoms with Gasteiger partial charge in [-0.2, -0.15) is 5.26 Å². The Morgan fingerprint density at radius 3 is 2.43 bits per heavy atom. The molecule has 0 unspecified atom stereocenters. The van der Waals surface area contributed by atoms with Gasteiger partial charge in [0.25, 0.3) is 0 Å². The molecular weight excluding hydrogens is 378 g/mol. The zero-order valence-electron chi connectivity index (χ0n) is 17.4. The summed E-state index contributed by atoms with van der Waals surface area (Å²) >= 11 is 0. The predicted molar refractivity (Wildman–Crippen MR) is 108 cm³/mol. The Morgan fingerprint density at radius 2 is 1.93 bits per heavy atom. The summed E-state index contributed by atoms with van der Waals surface area (Å²) in [5.41, 5.74) is 0.306. The molecule has 0 saturated carbocycles. The third kappa shape index (κ3) is 5.16. The van der Waals surface area contributed by atoms with E-state index < -0.39 is 15.4 Å². The first kappa shape index (κ1) is 22.0. The van der Waals surface area contributed by atoms with Gasteiger partial charge in [0.1, 0.15) is 11.7 Å².